The minimum Gasteiger partial charge on any atom is -0.497 e. The summed E-state index contributed by atoms with van der Waals surface area (Å²) in [6.45, 7) is 0.172. The van der Waals surface area contributed by atoms with Crippen LogP contribution in [0.4, 0.5) is 0 Å². The third-order valence-electron chi connectivity index (χ3n) is 4.02. The van der Waals surface area contributed by atoms with Crippen LogP contribution in [-0.2, 0) is 0 Å². The van der Waals surface area contributed by atoms with Gasteiger partial charge in [0.25, 0.3) is 0 Å². The fourth-order valence-electron chi connectivity index (χ4n) is 2.70. The minimum atomic E-state index is -0.0940. The lowest BCUT2D eigenvalue weighted by atomic mass is 10.0. The molecule has 0 spiro atoms. The molecule has 0 saturated heterocycles. The van der Waals surface area contributed by atoms with Crippen molar-refractivity contribution in [3.63, 3.8) is 0 Å². The highest BCUT2D eigenvalue weighted by Gasteiger charge is 2.08. The van der Waals surface area contributed by atoms with Crippen LogP contribution in [0.2, 0.25) is 0 Å². The summed E-state index contributed by atoms with van der Waals surface area (Å²) in [6.07, 6.45) is 8.63. The summed E-state index contributed by atoms with van der Waals surface area (Å²) < 4.78 is 10.8. The van der Waals surface area contributed by atoms with Gasteiger partial charge in [-0.25, -0.2) is 0 Å². The maximum atomic E-state index is 12.5. The number of allylic oxidation sites excluding steroid dienone is 1. The number of terminal acetylenes is 1. The Morgan fingerprint density at radius 1 is 1.08 bits per heavy atom. The van der Waals surface area contributed by atoms with Crippen molar-refractivity contribution in [2.75, 3.05) is 13.7 Å². The van der Waals surface area contributed by atoms with Gasteiger partial charge < -0.3 is 9.47 Å². The Morgan fingerprint density at radius 2 is 1.85 bits per heavy atom. The molecule has 0 heterocycles. The molecular weight excluding hydrogens is 324 g/mol. The number of ether oxygens (including phenoxy) is 2. The highest BCUT2D eigenvalue weighted by atomic mass is 16.5. The van der Waals surface area contributed by atoms with Crippen LogP contribution in [0.25, 0.3) is 16.8 Å². The number of hydrogen-bond acceptors (Lipinski definition) is 3. The number of hydrogen-bond donors (Lipinski definition) is 0. The zero-order valence-electron chi connectivity index (χ0n) is 14.4. The van der Waals surface area contributed by atoms with Gasteiger partial charge in [0.1, 0.15) is 18.1 Å². The minimum absolute atomic E-state index is 0.0940. The van der Waals surface area contributed by atoms with E-state index in [4.69, 9.17) is 15.9 Å². The Hall–Kier alpha value is -3.51. The molecule has 26 heavy (non-hydrogen) atoms. The van der Waals surface area contributed by atoms with Gasteiger partial charge in [-0.1, -0.05) is 36.3 Å². The van der Waals surface area contributed by atoms with Crippen molar-refractivity contribution in [1.82, 2.24) is 0 Å². The van der Waals surface area contributed by atoms with Crippen LogP contribution < -0.4 is 9.47 Å². The molecule has 3 nitrogen and oxygen atoms in total. The molecule has 3 aromatic rings. The number of carbonyl (C=O) groups is 1. The van der Waals surface area contributed by atoms with Crippen molar-refractivity contribution >= 4 is 22.6 Å². The summed E-state index contributed by atoms with van der Waals surface area (Å²) in [5.41, 5.74) is 1.42. The summed E-state index contributed by atoms with van der Waals surface area (Å²) in [5.74, 6) is 3.74. The predicted molar refractivity (Wildman–Crippen MR) is 105 cm³/mol. The van der Waals surface area contributed by atoms with E-state index in [1.807, 2.05) is 36.4 Å². The van der Waals surface area contributed by atoms with Gasteiger partial charge >= 0.3 is 0 Å². The van der Waals surface area contributed by atoms with Gasteiger partial charge in [-0.15, -0.1) is 6.42 Å². The molecule has 0 bridgehead atoms. The Balaban J connectivity index is 1.96. The lowest BCUT2D eigenvalue weighted by Gasteiger charge is -2.10. The van der Waals surface area contributed by atoms with Crippen LogP contribution in [0.1, 0.15) is 15.9 Å². The van der Waals surface area contributed by atoms with Crippen LogP contribution in [0, 0.1) is 12.3 Å². The van der Waals surface area contributed by atoms with E-state index in [1.165, 1.54) is 0 Å². The second-order valence-electron chi connectivity index (χ2n) is 5.62. The molecule has 0 atom stereocenters. The largest absolute Gasteiger partial charge is 0.497 e. The van der Waals surface area contributed by atoms with E-state index in [1.54, 1.807) is 43.5 Å². The van der Waals surface area contributed by atoms with E-state index in [2.05, 4.69) is 5.92 Å². The first-order chi connectivity index (χ1) is 12.7. The van der Waals surface area contributed by atoms with Crippen molar-refractivity contribution in [1.29, 1.82) is 0 Å². The number of benzene rings is 3. The first-order valence-electron chi connectivity index (χ1n) is 8.17. The van der Waals surface area contributed by atoms with Crippen molar-refractivity contribution in [3.05, 3.63) is 77.9 Å². The first kappa shape index (κ1) is 17.3. The van der Waals surface area contributed by atoms with E-state index >= 15 is 0 Å². The van der Waals surface area contributed by atoms with Gasteiger partial charge in [-0.05, 0) is 53.3 Å². The smallest absolute Gasteiger partial charge is 0.185 e. The fourth-order valence-corrected chi connectivity index (χ4v) is 2.70. The van der Waals surface area contributed by atoms with E-state index in [0.29, 0.717) is 17.1 Å². The van der Waals surface area contributed by atoms with Crippen LogP contribution in [0.15, 0.2) is 66.7 Å². The zero-order valence-corrected chi connectivity index (χ0v) is 14.4. The summed E-state index contributed by atoms with van der Waals surface area (Å²) in [6, 6.07) is 18.8. The molecule has 0 N–H and O–H groups in total. The lowest BCUT2D eigenvalue weighted by Crippen LogP contribution is -1.97. The maximum Gasteiger partial charge on any atom is 0.185 e. The van der Waals surface area contributed by atoms with Crippen molar-refractivity contribution in [2.45, 2.75) is 0 Å². The van der Waals surface area contributed by atoms with E-state index in [-0.39, 0.29) is 12.4 Å². The molecule has 128 valence electrons. The van der Waals surface area contributed by atoms with Crippen LogP contribution >= 0.6 is 0 Å². The van der Waals surface area contributed by atoms with Gasteiger partial charge in [0, 0.05) is 11.1 Å². The molecule has 0 amide bonds. The number of carbonyl (C=O) groups excluding carboxylic acids is 1. The summed E-state index contributed by atoms with van der Waals surface area (Å²) in [4.78, 5) is 12.5. The molecule has 0 aliphatic rings. The number of ketones is 1. The molecule has 0 unspecified atom stereocenters. The highest BCUT2D eigenvalue weighted by molar-refractivity contribution is 6.08. The fraction of sp³-hybridized carbons (Fsp3) is 0.0870. The number of rotatable bonds is 6. The molecule has 0 saturated carbocycles. The summed E-state index contributed by atoms with van der Waals surface area (Å²) in [7, 11) is 1.59. The van der Waals surface area contributed by atoms with Crippen molar-refractivity contribution in [3.8, 4) is 23.8 Å². The Bertz CT molecular complexity index is 992. The number of methoxy groups -OCH3 is 1. The zero-order chi connectivity index (χ0) is 18.4. The van der Waals surface area contributed by atoms with E-state index < -0.39 is 0 Å². The molecule has 3 heteroatoms. The molecular formula is C23H18O3. The second-order valence-corrected chi connectivity index (χ2v) is 5.62. The topological polar surface area (TPSA) is 35.5 Å². The summed E-state index contributed by atoms with van der Waals surface area (Å²) >= 11 is 0. The van der Waals surface area contributed by atoms with Gasteiger partial charge in [0.2, 0.25) is 0 Å². The van der Waals surface area contributed by atoms with Crippen LogP contribution in [0.3, 0.4) is 0 Å². The van der Waals surface area contributed by atoms with Gasteiger partial charge in [-0.2, -0.15) is 0 Å². The van der Waals surface area contributed by atoms with E-state index in [9.17, 15) is 4.79 Å². The van der Waals surface area contributed by atoms with Crippen molar-refractivity contribution in [2.24, 2.45) is 0 Å². The third-order valence-corrected chi connectivity index (χ3v) is 4.02. The Labute approximate surface area is 152 Å². The molecule has 0 radical (unpaired) electrons. The van der Waals surface area contributed by atoms with Gasteiger partial charge in [0.05, 0.1) is 7.11 Å². The molecule has 0 aliphatic heterocycles. The van der Waals surface area contributed by atoms with Crippen LogP contribution in [0.5, 0.6) is 11.5 Å². The van der Waals surface area contributed by atoms with Gasteiger partial charge in [0.15, 0.2) is 5.78 Å². The molecule has 3 aromatic carbocycles. The van der Waals surface area contributed by atoms with Crippen molar-refractivity contribution < 1.29 is 14.3 Å². The van der Waals surface area contributed by atoms with Crippen LogP contribution in [-0.4, -0.2) is 19.5 Å². The Kier molecular flexibility index (Phi) is 5.36. The third kappa shape index (κ3) is 3.76. The molecule has 0 aliphatic carbocycles. The first-order valence-corrected chi connectivity index (χ1v) is 8.17. The highest BCUT2D eigenvalue weighted by Crippen LogP contribution is 2.29. The quantitative estimate of drug-likeness (QED) is 0.368. The average Bonchev–Trinajstić information content (AvgIpc) is 2.70. The summed E-state index contributed by atoms with van der Waals surface area (Å²) in [5, 5.41) is 2.07. The lowest BCUT2D eigenvalue weighted by molar-refractivity contribution is 0.104. The SMILES string of the molecule is C#CCOc1ccc2ccccc2c1/C=C/C(=O)c1ccc(OC)cc1. The number of fused-ring (bicyclic) bond motifs is 1. The normalized spacial score (nSPS) is 10.6. The maximum absolute atomic E-state index is 12.5. The predicted octanol–water partition coefficient (Wildman–Crippen LogP) is 4.76. The van der Waals surface area contributed by atoms with Gasteiger partial charge in [-0.3, -0.25) is 4.79 Å². The molecule has 3 rings (SSSR count). The second kappa shape index (κ2) is 8.04. The monoisotopic (exact) mass is 342 g/mol. The average molecular weight is 342 g/mol. The standard InChI is InChI=1S/C23H18O3/c1-3-16-26-23-15-10-17-6-4-5-7-20(17)21(23)13-14-22(24)18-8-11-19(25-2)12-9-18/h1,4-15H,16H2,2H3/b14-13+. The Morgan fingerprint density at radius 3 is 2.58 bits per heavy atom. The molecule has 0 aromatic heterocycles. The van der Waals surface area contributed by atoms with E-state index in [0.717, 1.165) is 16.3 Å². The molecule has 0 fully saturated rings.